The number of hydrogen-bond acceptors (Lipinski definition) is 4. The van der Waals surface area contributed by atoms with Gasteiger partial charge in [-0.15, -0.1) is 0 Å². The highest BCUT2D eigenvalue weighted by molar-refractivity contribution is 6.30. The van der Waals surface area contributed by atoms with Gasteiger partial charge in [-0.1, -0.05) is 17.7 Å². The van der Waals surface area contributed by atoms with Gasteiger partial charge in [0.25, 0.3) is 0 Å². The highest BCUT2D eigenvalue weighted by Crippen LogP contribution is 2.20. The van der Waals surface area contributed by atoms with Crippen LogP contribution in [-0.2, 0) is 9.59 Å². The van der Waals surface area contributed by atoms with Gasteiger partial charge in [0.05, 0.1) is 10.7 Å². The second-order valence-corrected chi connectivity index (χ2v) is 6.47. The minimum Gasteiger partial charge on any atom is -0.339 e. The SMILES string of the molecule is O=C(Nc1ccc(Cl)cn1)C1CCN(C(=O)/C=C/c2ccccn2)CC1. The zero-order chi connectivity index (χ0) is 18.4. The first-order valence-electron chi connectivity index (χ1n) is 8.42. The van der Waals surface area contributed by atoms with Crippen LogP contribution in [0.15, 0.2) is 48.8 Å². The number of rotatable bonds is 4. The second kappa shape index (κ2) is 8.58. The van der Waals surface area contributed by atoms with Crippen molar-refractivity contribution in [3.05, 3.63) is 59.5 Å². The lowest BCUT2D eigenvalue weighted by molar-refractivity contribution is -0.130. The maximum absolute atomic E-state index is 12.3. The maximum atomic E-state index is 12.3. The molecule has 26 heavy (non-hydrogen) atoms. The molecule has 1 aliphatic heterocycles. The van der Waals surface area contributed by atoms with Gasteiger partial charge in [-0.25, -0.2) is 4.98 Å². The van der Waals surface area contributed by atoms with Crippen LogP contribution in [0.5, 0.6) is 0 Å². The molecule has 1 aliphatic rings. The van der Waals surface area contributed by atoms with E-state index in [4.69, 9.17) is 11.6 Å². The molecule has 0 unspecified atom stereocenters. The van der Waals surface area contributed by atoms with Crippen molar-refractivity contribution in [2.75, 3.05) is 18.4 Å². The number of nitrogens with one attached hydrogen (secondary N) is 1. The summed E-state index contributed by atoms with van der Waals surface area (Å²) in [5.74, 6) is 0.220. The largest absolute Gasteiger partial charge is 0.339 e. The average molecular weight is 371 g/mol. The van der Waals surface area contributed by atoms with Crippen LogP contribution in [-0.4, -0.2) is 39.8 Å². The average Bonchev–Trinajstić information content (AvgIpc) is 2.69. The fraction of sp³-hybridized carbons (Fsp3) is 0.263. The molecule has 1 fully saturated rings. The molecule has 0 saturated carbocycles. The number of aromatic nitrogens is 2. The van der Waals surface area contributed by atoms with Crippen LogP contribution in [0.25, 0.3) is 6.08 Å². The van der Waals surface area contributed by atoms with Crippen LogP contribution in [0, 0.1) is 5.92 Å². The number of carbonyl (C=O) groups excluding carboxylic acids is 2. The van der Waals surface area contributed by atoms with Crippen molar-refractivity contribution in [1.29, 1.82) is 0 Å². The highest BCUT2D eigenvalue weighted by Gasteiger charge is 2.26. The number of halogens is 1. The van der Waals surface area contributed by atoms with Gasteiger partial charge in [-0.2, -0.15) is 0 Å². The summed E-state index contributed by atoms with van der Waals surface area (Å²) in [7, 11) is 0. The molecular weight excluding hydrogens is 352 g/mol. The fourth-order valence-corrected chi connectivity index (χ4v) is 2.89. The molecule has 0 aromatic carbocycles. The Labute approximate surface area is 156 Å². The topological polar surface area (TPSA) is 75.2 Å². The molecule has 0 atom stereocenters. The molecule has 3 rings (SSSR count). The van der Waals surface area contributed by atoms with Gasteiger partial charge in [0.15, 0.2) is 0 Å². The molecule has 1 N–H and O–H groups in total. The van der Waals surface area contributed by atoms with Gasteiger partial charge in [0.2, 0.25) is 11.8 Å². The summed E-state index contributed by atoms with van der Waals surface area (Å²) in [5, 5.41) is 3.32. The second-order valence-electron chi connectivity index (χ2n) is 6.04. The molecule has 6 nitrogen and oxygen atoms in total. The van der Waals surface area contributed by atoms with Crippen molar-refractivity contribution >= 4 is 35.3 Å². The molecule has 2 aromatic rings. The first-order valence-corrected chi connectivity index (χ1v) is 8.80. The number of amides is 2. The van der Waals surface area contributed by atoms with Crippen LogP contribution < -0.4 is 5.32 Å². The minimum atomic E-state index is -0.128. The molecule has 0 aliphatic carbocycles. The molecule has 0 radical (unpaired) electrons. The van der Waals surface area contributed by atoms with Gasteiger partial charge in [0.1, 0.15) is 5.82 Å². The van der Waals surface area contributed by atoms with E-state index in [1.807, 2.05) is 18.2 Å². The molecule has 3 heterocycles. The summed E-state index contributed by atoms with van der Waals surface area (Å²) in [6, 6.07) is 8.89. The third-order valence-electron chi connectivity index (χ3n) is 4.24. The third-order valence-corrected chi connectivity index (χ3v) is 4.46. The molecular formula is C19H19ClN4O2. The maximum Gasteiger partial charge on any atom is 0.246 e. The number of piperidine rings is 1. The molecule has 7 heteroatoms. The van der Waals surface area contributed by atoms with Crippen molar-refractivity contribution in [2.45, 2.75) is 12.8 Å². The van der Waals surface area contributed by atoms with Gasteiger partial charge >= 0.3 is 0 Å². The summed E-state index contributed by atoms with van der Waals surface area (Å²) in [6.45, 7) is 1.11. The van der Waals surface area contributed by atoms with Crippen molar-refractivity contribution in [1.82, 2.24) is 14.9 Å². The quantitative estimate of drug-likeness (QED) is 0.839. The van der Waals surface area contributed by atoms with Crippen molar-refractivity contribution in [3.8, 4) is 0 Å². The van der Waals surface area contributed by atoms with Gasteiger partial charge < -0.3 is 10.2 Å². The molecule has 0 bridgehead atoms. The van der Waals surface area contributed by atoms with Gasteiger partial charge in [-0.05, 0) is 43.2 Å². The van der Waals surface area contributed by atoms with E-state index in [9.17, 15) is 9.59 Å². The lowest BCUT2D eigenvalue weighted by Gasteiger charge is -2.30. The van der Waals surface area contributed by atoms with Crippen LogP contribution in [0.4, 0.5) is 5.82 Å². The van der Waals surface area contributed by atoms with Gasteiger partial charge in [-0.3, -0.25) is 14.6 Å². The standard InChI is InChI=1S/C19H19ClN4O2/c20-15-4-6-17(22-13-15)23-19(26)14-8-11-24(12-9-14)18(25)7-5-16-3-1-2-10-21-16/h1-7,10,13-14H,8-9,11-12H2,(H,22,23,26)/b7-5+. The smallest absolute Gasteiger partial charge is 0.246 e. The zero-order valence-corrected chi connectivity index (χ0v) is 14.9. The van der Waals surface area contributed by atoms with E-state index in [1.54, 1.807) is 29.3 Å². The van der Waals surface area contributed by atoms with Crippen molar-refractivity contribution in [3.63, 3.8) is 0 Å². The summed E-state index contributed by atoms with van der Waals surface area (Å²) in [4.78, 5) is 34.6. The van der Waals surface area contributed by atoms with Crippen LogP contribution in [0.3, 0.4) is 0 Å². The number of anilines is 1. The Kier molecular flexibility index (Phi) is 5.96. The Morgan fingerprint density at radius 2 is 1.96 bits per heavy atom. The van der Waals surface area contributed by atoms with Gasteiger partial charge in [0, 0.05) is 37.5 Å². The Hall–Kier alpha value is -2.73. The van der Waals surface area contributed by atoms with Crippen LogP contribution >= 0.6 is 11.6 Å². The van der Waals surface area contributed by atoms with E-state index in [0.717, 1.165) is 5.69 Å². The van der Waals surface area contributed by atoms with Crippen LogP contribution in [0.1, 0.15) is 18.5 Å². The van der Waals surface area contributed by atoms with E-state index in [-0.39, 0.29) is 17.7 Å². The molecule has 2 amide bonds. The van der Waals surface area contributed by atoms with E-state index in [1.165, 1.54) is 12.3 Å². The number of pyridine rings is 2. The van der Waals surface area contributed by atoms with Crippen molar-refractivity contribution in [2.24, 2.45) is 5.92 Å². The molecule has 0 spiro atoms. The molecule has 1 saturated heterocycles. The van der Waals surface area contributed by atoms with Crippen molar-refractivity contribution < 1.29 is 9.59 Å². The number of nitrogens with zero attached hydrogens (tertiary/aromatic N) is 3. The summed E-state index contributed by atoms with van der Waals surface area (Å²) in [5.41, 5.74) is 0.741. The third kappa shape index (κ3) is 4.89. The lowest BCUT2D eigenvalue weighted by atomic mass is 9.96. The summed E-state index contributed by atoms with van der Waals surface area (Å²) < 4.78 is 0. The van der Waals surface area contributed by atoms with E-state index in [0.29, 0.717) is 36.8 Å². The van der Waals surface area contributed by atoms with E-state index >= 15 is 0 Å². The molecule has 2 aromatic heterocycles. The predicted octanol–water partition coefficient (Wildman–Crippen LogP) is 3.02. The highest BCUT2D eigenvalue weighted by atomic mass is 35.5. The summed E-state index contributed by atoms with van der Waals surface area (Å²) in [6.07, 6.45) is 7.66. The Morgan fingerprint density at radius 3 is 2.62 bits per heavy atom. The number of likely N-dealkylation sites (tertiary alicyclic amines) is 1. The molecule has 134 valence electrons. The normalized spacial score (nSPS) is 15.2. The lowest BCUT2D eigenvalue weighted by Crippen LogP contribution is -2.40. The first-order chi connectivity index (χ1) is 12.6. The van der Waals surface area contributed by atoms with E-state index in [2.05, 4.69) is 15.3 Å². The first kappa shape index (κ1) is 18.1. The fourth-order valence-electron chi connectivity index (χ4n) is 2.78. The van der Waals surface area contributed by atoms with E-state index < -0.39 is 0 Å². The Balaban J connectivity index is 1.49. The Morgan fingerprint density at radius 1 is 1.15 bits per heavy atom. The predicted molar refractivity (Wildman–Crippen MR) is 100 cm³/mol. The summed E-state index contributed by atoms with van der Waals surface area (Å²) >= 11 is 5.79. The van der Waals surface area contributed by atoms with Crippen LogP contribution in [0.2, 0.25) is 5.02 Å². The number of hydrogen-bond donors (Lipinski definition) is 1. The minimum absolute atomic E-state index is 0.0612. The Bertz CT molecular complexity index is 785. The monoisotopic (exact) mass is 370 g/mol. The number of carbonyl (C=O) groups is 2. The zero-order valence-electron chi connectivity index (χ0n) is 14.1.